The van der Waals surface area contributed by atoms with Gasteiger partial charge in [0.05, 0.1) is 5.75 Å². The summed E-state index contributed by atoms with van der Waals surface area (Å²) in [5.41, 5.74) is 2.69. The maximum absolute atomic E-state index is 12.2. The minimum absolute atomic E-state index is 0.174. The van der Waals surface area contributed by atoms with Crippen molar-refractivity contribution < 1.29 is 9.53 Å². The number of carbonyl (C=O) groups is 1. The highest BCUT2D eigenvalue weighted by Gasteiger charge is 2.13. The molecule has 2 aromatic carbocycles. The van der Waals surface area contributed by atoms with Crippen LogP contribution in [-0.4, -0.2) is 26.4 Å². The fourth-order valence-electron chi connectivity index (χ4n) is 2.71. The number of nitrogens with one attached hydrogen (secondary N) is 1. The molecule has 0 aliphatic rings. The number of ether oxygens (including phenoxy) is 1. The van der Waals surface area contributed by atoms with Gasteiger partial charge < -0.3 is 14.6 Å². The zero-order valence-electron chi connectivity index (χ0n) is 16.2. The van der Waals surface area contributed by atoms with Crippen molar-refractivity contribution in [1.29, 1.82) is 0 Å². The molecule has 1 heterocycles. The van der Waals surface area contributed by atoms with E-state index < -0.39 is 0 Å². The molecule has 0 spiro atoms. The SMILES string of the molecule is Cc1cccc(C)c1OCc1nnc(SCC(=O)Nc2cc(Cl)cc(Cl)c2)n1C. The van der Waals surface area contributed by atoms with Crippen LogP contribution < -0.4 is 10.1 Å². The normalized spacial score (nSPS) is 10.8. The lowest BCUT2D eigenvalue weighted by atomic mass is 10.1. The first-order valence-electron chi connectivity index (χ1n) is 8.79. The summed E-state index contributed by atoms with van der Waals surface area (Å²) in [4.78, 5) is 12.2. The van der Waals surface area contributed by atoms with Gasteiger partial charge in [0.2, 0.25) is 5.91 Å². The third-order valence-electron chi connectivity index (χ3n) is 4.16. The van der Waals surface area contributed by atoms with Crippen LogP contribution in [0.2, 0.25) is 10.0 Å². The first-order valence-corrected chi connectivity index (χ1v) is 10.5. The van der Waals surface area contributed by atoms with Gasteiger partial charge in [-0.05, 0) is 43.2 Å². The summed E-state index contributed by atoms with van der Waals surface area (Å²) in [6, 6.07) is 10.9. The minimum Gasteiger partial charge on any atom is -0.485 e. The first kappa shape index (κ1) is 21.5. The summed E-state index contributed by atoms with van der Waals surface area (Å²) in [6.07, 6.45) is 0. The van der Waals surface area contributed by atoms with Gasteiger partial charge in [0.15, 0.2) is 11.0 Å². The quantitative estimate of drug-likeness (QED) is 0.510. The van der Waals surface area contributed by atoms with Gasteiger partial charge in [-0.1, -0.05) is 53.2 Å². The van der Waals surface area contributed by atoms with E-state index in [1.165, 1.54) is 11.8 Å². The third kappa shape index (κ3) is 5.65. The number of para-hydroxylation sites is 1. The van der Waals surface area contributed by atoms with E-state index in [1.54, 1.807) is 18.2 Å². The van der Waals surface area contributed by atoms with Gasteiger partial charge in [-0.2, -0.15) is 0 Å². The highest BCUT2D eigenvalue weighted by atomic mass is 35.5. The molecule has 0 atom stereocenters. The Balaban J connectivity index is 1.57. The second-order valence-electron chi connectivity index (χ2n) is 6.46. The second kappa shape index (κ2) is 9.52. The Hall–Kier alpha value is -2.22. The molecule has 3 rings (SSSR count). The van der Waals surface area contributed by atoms with Crippen molar-refractivity contribution in [1.82, 2.24) is 14.8 Å². The van der Waals surface area contributed by atoms with E-state index >= 15 is 0 Å². The molecule has 9 heteroatoms. The van der Waals surface area contributed by atoms with E-state index in [-0.39, 0.29) is 11.7 Å². The molecule has 0 unspecified atom stereocenters. The van der Waals surface area contributed by atoms with Crippen LogP contribution in [0.25, 0.3) is 0 Å². The zero-order valence-corrected chi connectivity index (χ0v) is 18.5. The third-order valence-corrected chi connectivity index (χ3v) is 5.61. The number of thioether (sulfide) groups is 1. The van der Waals surface area contributed by atoms with Gasteiger partial charge >= 0.3 is 0 Å². The molecule has 0 aliphatic heterocycles. The Bertz CT molecular complexity index is 999. The van der Waals surface area contributed by atoms with E-state index in [1.807, 2.05) is 43.7 Å². The molecule has 1 aromatic heterocycles. The highest BCUT2D eigenvalue weighted by molar-refractivity contribution is 7.99. The highest BCUT2D eigenvalue weighted by Crippen LogP contribution is 2.25. The average Bonchev–Trinajstić information content (AvgIpc) is 2.98. The number of carbonyl (C=O) groups excluding carboxylic acids is 1. The van der Waals surface area contributed by atoms with E-state index in [4.69, 9.17) is 27.9 Å². The number of amides is 1. The Morgan fingerprint density at radius 3 is 2.45 bits per heavy atom. The number of aryl methyl sites for hydroxylation is 2. The topological polar surface area (TPSA) is 69.0 Å². The van der Waals surface area contributed by atoms with E-state index in [2.05, 4.69) is 15.5 Å². The molecule has 3 aromatic rings. The molecule has 6 nitrogen and oxygen atoms in total. The number of rotatable bonds is 7. The van der Waals surface area contributed by atoms with Crippen LogP contribution in [0.1, 0.15) is 17.0 Å². The summed E-state index contributed by atoms with van der Waals surface area (Å²) >= 11 is 13.2. The van der Waals surface area contributed by atoms with Crippen LogP contribution in [0.3, 0.4) is 0 Å². The summed E-state index contributed by atoms with van der Waals surface area (Å²) < 4.78 is 7.76. The van der Waals surface area contributed by atoms with Gasteiger partial charge in [0.1, 0.15) is 12.4 Å². The van der Waals surface area contributed by atoms with Crippen molar-refractivity contribution in [2.24, 2.45) is 7.05 Å². The zero-order chi connectivity index (χ0) is 21.0. The minimum atomic E-state index is -0.190. The van der Waals surface area contributed by atoms with E-state index in [0.717, 1.165) is 16.9 Å². The number of nitrogens with zero attached hydrogens (tertiary/aromatic N) is 3. The number of hydrogen-bond acceptors (Lipinski definition) is 5. The number of aromatic nitrogens is 3. The van der Waals surface area contributed by atoms with Gasteiger partial charge in [0.25, 0.3) is 0 Å². The Morgan fingerprint density at radius 2 is 1.79 bits per heavy atom. The van der Waals surface area contributed by atoms with E-state index in [9.17, 15) is 4.79 Å². The van der Waals surface area contributed by atoms with Crippen LogP contribution in [0.15, 0.2) is 41.6 Å². The lowest BCUT2D eigenvalue weighted by molar-refractivity contribution is -0.113. The molecular weight excluding hydrogens is 431 g/mol. The van der Waals surface area contributed by atoms with Crippen LogP contribution in [0.5, 0.6) is 5.75 Å². The predicted octanol–water partition coefficient (Wildman–Crippen LogP) is 5.05. The number of benzene rings is 2. The lowest BCUT2D eigenvalue weighted by Gasteiger charge is -2.11. The van der Waals surface area contributed by atoms with Crippen molar-refractivity contribution in [3.05, 3.63) is 63.4 Å². The van der Waals surface area contributed by atoms with Crippen molar-refractivity contribution in [3.8, 4) is 5.75 Å². The van der Waals surface area contributed by atoms with Gasteiger partial charge in [-0.25, -0.2) is 0 Å². The molecule has 29 heavy (non-hydrogen) atoms. The van der Waals surface area contributed by atoms with E-state index in [0.29, 0.717) is 33.3 Å². The fourth-order valence-corrected chi connectivity index (χ4v) is 3.97. The smallest absolute Gasteiger partial charge is 0.234 e. The molecular formula is C20H20Cl2N4O2S. The van der Waals surface area contributed by atoms with Crippen LogP contribution in [0.4, 0.5) is 5.69 Å². The standard InChI is InChI=1S/C20H20Cl2N4O2S/c1-12-5-4-6-13(2)19(12)28-10-17-24-25-20(26(17)3)29-11-18(27)23-16-8-14(21)7-15(22)9-16/h4-9H,10-11H2,1-3H3,(H,23,27). The number of halogens is 2. The van der Waals surface area contributed by atoms with Crippen LogP contribution in [0, 0.1) is 13.8 Å². The van der Waals surface area contributed by atoms with Gasteiger partial charge in [0, 0.05) is 22.8 Å². The molecule has 0 fully saturated rings. The second-order valence-corrected chi connectivity index (χ2v) is 8.28. The molecule has 152 valence electrons. The Labute approximate surface area is 183 Å². The molecule has 1 N–H and O–H groups in total. The fraction of sp³-hybridized carbons (Fsp3) is 0.250. The van der Waals surface area contributed by atoms with Crippen molar-refractivity contribution >= 4 is 46.6 Å². The largest absolute Gasteiger partial charge is 0.485 e. The monoisotopic (exact) mass is 450 g/mol. The van der Waals surface area contributed by atoms with Crippen LogP contribution in [-0.2, 0) is 18.4 Å². The molecule has 0 bridgehead atoms. The number of hydrogen-bond donors (Lipinski definition) is 1. The Morgan fingerprint density at radius 1 is 1.14 bits per heavy atom. The molecule has 0 saturated heterocycles. The predicted molar refractivity (Wildman–Crippen MR) is 117 cm³/mol. The molecule has 1 amide bonds. The van der Waals surface area contributed by atoms with Crippen molar-refractivity contribution in [2.45, 2.75) is 25.6 Å². The summed E-state index contributed by atoms with van der Waals surface area (Å²) in [5.74, 6) is 1.51. The average molecular weight is 451 g/mol. The number of anilines is 1. The summed E-state index contributed by atoms with van der Waals surface area (Å²) in [7, 11) is 1.85. The van der Waals surface area contributed by atoms with Crippen molar-refractivity contribution in [3.63, 3.8) is 0 Å². The molecule has 0 radical (unpaired) electrons. The summed E-state index contributed by atoms with van der Waals surface area (Å²) in [6.45, 7) is 4.31. The van der Waals surface area contributed by atoms with Gasteiger partial charge in [-0.3, -0.25) is 4.79 Å². The first-order chi connectivity index (χ1) is 13.8. The Kier molecular flexibility index (Phi) is 7.05. The maximum Gasteiger partial charge on any atom is 0.234 e. The summed E-state index contributed by atoms with van der Waals surface area (Å²) in [5, 5.41) is 12.6. The van der Waals surface area contributed by atoms with Crippen LogP contribution >= 0.6 is 35.0 Å². The lowest BCUT2D eigenvalue weighted by Crippen LogP contribution is -2.14. The van der Waals surface area contributed by atoms with Crippen molar-refractivity contribution in [2.75, 3.05) is 11.1 Å². The maximum atomic E-state index is 12.2. The molecule has 0 aliphatic carbocycles. The van der Waals surface area contributed by atoms with Gasteiger partial charge in [-0.15, -0.1) is 10.2 Å². The molecule has 0 saturated carbocycles.